The first-order valence-corrected chi connectivity index (χ1v) is 7.18. The Bertz CT molecular complexity index is 539. The molecule has 0 bridgehead atoms. The quantitative estimate of drug-likeness (QED) is 0.795. The molecule has 0 unspecified atom stereocenters. The number of nitrogens with one attached hydrogen (secondary N) is 1. The van der Waals surface area contributed by atoms with Gasteiger partial charge in [-0.1, -0.05) is 19.1 Å². The molecule has 0 aliphatic rings. The van der Waals surface area contributed by atoms with Crippen molar-refractivity contribution in [2.75, 3.05) is 18.5 Å². The maximum atomic E-state index is 12.9. The topological polar surface area (TPSA) is 41.0 Å². The van der Waals surface area contributed by atoms with Gasteiger partial charge in [0.1, 0.15) is 5.82 Å². The zero-order chi connectivity index (χ0) is 15.1. The predicted octanol–water partition coefficient (Wildman–Crippen LogP) is 2.75. The molecular formula is C16H21FN4. The van der Waals surface area contributed by atoms with Crippen LogP contribution in [0.1, 0.15) is 24.6 Å². The van der Waals surface area contributed by atoms with Crippen LogP contribution in [0.15, 0.2) is 36.4 Å². The summed E-state index contributed by atoms with van der Waals surface area (Å²) in [5.74, 6) is 0.587. The molecule has 0 aliphatic carbocycles. The number of anilines is 1. The minimum absolute atomic E-state index is 0.217. The molecule has 0 atom stereocenters. The lowest BCUT2D eigenvalue weighted by molar-refractivity contribution is 0.626. The molecule has 1 aromatic heterocycles. The molecule has 0 saturated heterocycles. The van der Waals surface area contributed by atoms with E-state index in [1.54, 1.807) is 12.1 Å². The Labute approximate surface area is 125 Å². The smallest absolute Gasteiger partial charge is 0.151 e. The van der Waals surface area contributed by atoms with E-state index in [1.807, 2.05) is 24.1 Å². The summed E-state index contributed by atoms with van der Waals surface area (Å²) in [5, 5.41) is 11.7. The average Bonchev–Trinajstić information content (AvgIpc) is 2.50. The Kier molecular flexibility index (Phi) is 5.63. The van der Waals surface area contributed by atoms with E-state index in [4.69, 9.17) is 0 Å². The zero-order valence-electron chi connectivity index (χ0n) is 12.5. The molecule has 21 heavy (non-hydrogen) atoms. The van der Waals surface area contributed by atoms with Gasteiger partial charge in [0, 0.05) is 20.1 Å². The Morgan fingerprint density at radius 1 is 1.10 bits per heavy atom. The summed E-state index contributed by atoms with van der Waals surface area (Å²) >= 11 is 0. The standard InChI is InChI=1S/C16H21FN4/c1-3-10-18-11-15-8-9-16(20-19-15)21(2)12-13-4-6-14(17)7-5-13/h4-9,18H,3,10-12H2,1-2H3. The van der Waals surface area contributed by atoms with Crippen LogP contribution in [0.3, 0.4) is 0 Å². The number of nitrogens with zero attached hydrogens (tertiary/aromatic N) is 3. The van der Waals surface area contributed by atoms with Crippen molar-refractivity contribution in [3.63, 3.8) is 0 Å². The molecule has 4 nitrogen and oxygen atoms in total. The van der Waals surface area contributed by atoms with Gasteiger partial charge in [-0.2, -0.15) is 5.10 Å². The van der Waals surface area contributed by atoms with Crippen LogP contribution >= 0.6 is 0 Å². The molecule has 1 aromatic carbocycles. The number of rotatable bonds is 7. The third-order valence-electron chi connectivity index (χ3n) is 3.16. The minimum Gasteiger partial charge on any atom is -0.354 e. The summed E-state index contributed by atoms with van der Waals surface area (Å²) in [6.45, 7) is 4.52. The van der Waals surface area contributed by atoms with Gasteiger partial charge >= 0.3 is 0 Å². The van der Waals surface area contributed by atoms with Crippen LogP contribution in [0.4, 0.5) is 10.2 Å². The number of halogens is 1. The molecule has 2 aromatic rings. The van der Waals surface area contributed by atoms with E-state index >= 15 is 0 Å². The third kappa shape index (κ3) is 4.79. The lowest BCUT2D eigenvalue weighted by atomic mass is 10.2. The van der Waals surface area contributed by atoms with Crippen LogP contribution < -0.4 is 10.2 Å². The second-order valence-corrected chi connectivity index (χ2v) is 5.04. The first-order valence-electron chi connectivity index (χ1n) is 7.18. The molecule has 0 amide bonds. The molecule has 0 fully saturated rings. The van der Waals surface area contributed by atoms with E-state index in [-0.39, 0.29) is 5.82 Å². The van der Waals surface area contributed by atoms with Gasteiger partial charge in [-0.15, -0.1) is 5.10 Å². The molecular weight excluding hydrogens is 267 g/mol. The first kappa shape index (κ1) is 15.4. The summed E-state index contributed by atoms with van der Waals surface area (Å²) < 4.78 is 12.9. The van der Waals surface area contributed by atoms with Crippen LogP contribution in [0.2, 0.25) is 0 Å². The molecule has 0 aliphatic heterocycles. The molecule has 0 spiro atoms. The summed E-state index contributed by atoms with van der Waals surface area (Å²) in [6.07, 6.45) is 1.10. The van der Waals surface area contributed by atoms with Gasteiger partial charge in [0.2, 0.25) is 0 Å². The molecule has 1 heterocycles. The van der Waals surface area contributed by atoms with Gasteiger partial charge in [-0.05, 0) is 42.8 Å². The van der Waals surface area contributed by atoms with Crippen LogP contribution in [-0.2, 0) is 13.1 Å². The summed E-state index contributed by atoms with van der Waals surface area (Å²) in [7, 11) is 1.95. The lowest BCUT2D eigenvalue weighted by Gasteiger charge is -2.17. The lowest BCUT2D eigenvalue weighted by Crippen LogP contribution is -2.19. The van der Waals surface area contributed by atoms with Crippen LogP contribution in [0.25, 0.3) is 0 Å². The second-order valence-electron chi connectivity index (χ2n) is 5.04. The van der Waals surface area contributed by atoms with Crippen molar-refractivity contribution in [2.24, 2.45) is 0 Å². The molecule has 2 rings (SSSR count). The van der Waals surface area contributed by atoms with Gasteiger partial charge in [-0.3, -0.25) is 0 Å². The first-order chi connectivity index (χ1) is 10.2. The van der Waals surface area contributed by atoms with Gasteiger partial charge in [0.25, 0.3) is 0 Å². The van der Waals surface area contributed by atoms with Crippen molar-refractivity contribution in [2.45, 2.75) is 26.4 Å². The van der Waals surface area contributed by atoms with E-state index in [2.05, 4.69) is 22.4 Å². The van der Waals surface area contributed by atoms with Gasteiger partial charge < -0.3 is 10.2 Å². The molecule has 112 valence electrons. The predicted molar refractivity (Wildman–Crippen MR) is 82.5 cm³/mol. The highest BCUT2D eigenvalue weighted by Gasteiger charge is 2.05. The molecule has 0 saturated carbocycles. The van der Waals surface area contributed by atoms with Gasteiger partial charge in [-0.25, -0.2) is 4.39 Å². The molecule has 0 radical (unpaired) electrons. The van der Waals surface area contributed by atoms with E-state index < -0.39 is 0 Å². The third-order valence-corrected chi connectivity index (χ3v) is 3.16. The fourth-order valence-electron chi connectivity index (χ4n) is 1.99. The Morgan fingerprint density at radius 3 is 2.48 bits per heavy atom. The SMILES string of the molecule is CCCNCc1ccc(N(C)Cc2ccc(F)cc2)nn1. The highest BCUT2D eigenvalue weighted by Crippen LogP contribution is 2.12. The van der Waals surface area contributed by atoms with Crippen molar-refractivity contribution in [3.05, 3.63) is 53.5 Å². The largest absolute Gasteiger partial charge is 0.354 e. The minimum atomic E-state index is -0.217. The van der Waals surface area contributed by atoms with Crippen molar-refractivity contribution >= 4 is 5.82 Å². The van der Waals surface area contributed by atoms with Crippen LogP contribution in [-0.4, -0.2) is 23.8 Å². The van der Waals surface area contributed by atoms with Gasteiger partial charge in [0.15, 0.2) is 5.82 Å². The number of aromatic nitrogens is 2. The fourth-order valence-corrected chi connectivity index (χ4v) is 1.99. The molecule has 5 heteroatoms. The summed E-state index contributed by atoms with van der Waals surface area (Å²) in [4.78, 5) is 1.99. The van der Waals surface area contributed by atoms with Crippen LogP contribution in [0, 0.1) is 5.82 Å². The average molecular weight is 288 g/mol. The Balaban J connectivity index is 1.93. The van der Waals surface area contributed by atoms with Crippen molar-refractivity contribution in [1.29, 1.82) is 0 Å². The number of benzene rings is 1. The Morgan fingerprint density at radius 2 is 1.86 bits per heavy atom. The maximum absolute atomic E-state index is 12.9. The van der Waals surface area contributed by atoms with Crippen molar-refractivity contribution < 1.29 is 4.39 Å². The van der Waals surface area contributed by atoms with Crippen molar-refractivity contribution in [1.82, 2.24) is 15.5 Å². The van der Waals surface area contributed by atoms with E-state index in [0.717, 1.165) is 36.6 Å². The highest BCUT2D eigenvalue weighted by atomic mass is 19.1. The number of hydrogen-bond donors (Lipinski definition) is 1. The second kappa shape index (κ2) is 7.69. The molecule has 1 N–H and O–H groups in total. The van der Waals surface area contributed by atoms with E-state index in [0.29, 0.717) is 6.54 Å². The van der Waals surface area contributed by atoms with E-state index in [9.17, 15) is 4.39 Å². The van der Waals surface area contributed by atoms with E-state index in [1.165, 1.54) is 12.1 Å². The monoisotopic (exact) mass is 288 g/mol. The normalized spacial score (nSPS) is 10.6. The van der Waals surface area contributed by atoms with Crippen LogP contribution in [0.5, 0.6) is 0 Å². The summed E-state index contributed by atoms with van der Waals surface area (Å²) in [6, 6.07) is 10.4. The zero-order valence-corrected chi connectivity index (χ0v) is 12.5. The Hall–Kier alpha value is -2.01. The van der Waals surface area contributed by atoms with Crippen molar-refractivity contribution in [3.8, 4) is 0 Å². The number of hydrogen-bond acceptors (Lipinski definition) is 4. The maximum Gasteiger partial charge on any atom is 0.151 e. The van der Waals surface area contributed by atoms with Gasteiger partial charge in [0.05, 0.1) is 5.69 Å². The summed E-state index contributed by atoms with van der Waals surface area (Å²) in [5.41, 5.74) is 1.97. The fraction of sp³-hybridized carbons (Fsp3) is 0.375. The highest BCUT2D eigenvalue weighted by molar-refractivity contribution is 5.37.